The van der Waals surface area contributed by atoms with Gasteiger partial charge in [-0.05, 0) is 5.56 Å². The van der Waals surface area contributed by atoms with E-state index in [0.717, 1.165) is 5.56 Å². The highest BCUT2D eigenvalue weighted by molar-refractivity contribution is 7.87. The van der Waals surface area contributed by atoms with Crippen molar-refractivity contribution in [2.24, 2.45) is 0 Å². The van der Waals surface area contributed by atoms with Crippen LogP contribution in [-0.2, 0) is 26.3 Å². The number of nitrogens with one attached hydrogen (secondary N) is 1. The first-order chi connectivity index (χ1) is 8.95. The lowest BCUT2D eigenvalue weighted by Gasteiger charge is -2.17. The first-order valence-corrected chi connectivity index (χ1v) is 7.21. The molecule has 0 bridgehead atoms. The summed E-state index contributed by atoms with van der Waals surface area (Å²) in [6, 6.07) is 9.26. The minimum Gasteiger partial charge on any atom is -0.469 e. The molecule has 0 unspecified atom stereocenters. The molecule has 0 aliphatic carbocycles. The van der Waals surface area contributed by atoms with Gasteiger partial charge in [-0.25, -0.2) is 4.72 Å². The Morgan fingerprint density at radius 2 is 1.95 bits per heavy atom. The number of ether oxygens (including phenoxy) is 1. The SMILES string of the molecule is COC(=O)CCNS(=O)(=O)N(C)Cc1ccccc1. The average Bonchev–Trinajstić information content (AvgIpc) is 2.39. The third-order valence-electron chi connectivity index (χ3n) is 2.50. The van der Waals surface area contributed by atoms with Gasteiger partial charge in [0.25, 0.3) is 10.2 Å². The van der Waals surface area contributed by atoms with Gasteiger partial charge in [0.15, 0.2) is 0 Å². The van der Waals surface area contributed by atoms with E-state index >= 15 is 0 Å². The first-order valence-electron chi connectivity index (χ1n) is 5.77. The van der Waals surface area contributed by atoms with Gasteiger partial charge in [0, 0.05) is 20.1 Å². The molecule has 0 atom stereocenters. The van der Waals surface area contributed by atoms with Crippen LogP contribution in [0.3, 0.4) is 0 Å². The average molecular weight is 286 g/mol. The molecule has 7 heteroatoms. The lowest BCUT2D eigenvalue weighted by molar-refractivity contribution is -0.140. The summed E-state index contributed by atoms with van der Waals surface area (Å²) in [5, 5.41) is 0. The number of hydrogen-bond donors (Lipinski definition) is 1. The maximum Gasteiger partial charge on any atom is 0.306 e. The number of carbonyl (C=O) groups excluding carboxylic acids is 1. The summed E-state index contributed by atoms with van der Waals surface area (Å²) >= 11 is 0. The molecule has 0 radical (unpaired) electrons. The van der Waals surface area contributed by atoms with Crippen LogP contribution in [0.15, 0.2) is 30.3 Å². The molecule has 1 aromatic rings. The van der Waals surface area contributed by atoms with Gasteiger partial charge in [0.05, 0.1) is 13.5 Å². The summed E-state index contributed by atoms with van der Waals surface area (Å²) in [5.74, 6) is -0.451. The Hall–Kier alpha value is -1.44. The Bertz CT molecular complexity index is 502. The van der Waals surface area contributed by atoms with Crippen molar-refractivity contribution in [1.29, 1.82) is 0 Å². The standard InChI is InChI=1S/C12H18N2O4S/c1-14(10-11-6-4-3-5-7-11)19(16,17)13-9-8-12(15)18-2/h3-7,13H,8-10H2,1-2H3. The van der Waals surface area contributed by atoms with Gasteiger partial charge >= 0.3 is 5.97 Å². The molecule has 0 amide bonds. The van der Waals surface area contributed by atoms with E-state index in [4.69, 9.17) is 0 Å². The second kappa shape index (κ2) is 7.22. The van der Waals surface area contributed by atoms with Crippen molar-refractivity contribution in [3.05, 3.63) is 35.9 Å². The summed E-state index contributed by atoms with van der Waals surface area (Å²) in [6.07, 6.45) is 0.00884. The third kappa shape index (κ3) is 5.37. The monoisotopic (exact) mass is 286 g/mol. The summed E-state index contributed by atoms with van der Waals surface area (Å²) < 4.78 is 31.7. The minimum absolute atomic E-state index is 0.00884. The number of nitrogens with zero attached hydrogens (tertiary/aromatic N) is 1. The molecule has 6 nitrogen and oxygen atoms in total. The Morgan fingerprint density at radius 3 is 2.53 bits per heavy atom. The fraction of sp³-hybridized carbons (Fsp3) is 0.417. The Kier molecular flexibility index (Phi) is 5.94. The van der Waals surface area contributed by atoms with Crippen molar-refractivity contribution in [3.8, 4) is 0 Å². The molecule has 1 N–H and O–H groups in total. The molecule has 106 valence electrons. The smallest absolute Gasteiger partial charge is 0.306 e. The third-order valence-corrected chi connectivity index (χ3v) is 4.02. The predicted molar refractivity (Wildman–Crippen MR) is 71.5 cm³/mol. The predicted octanol–water partition coefficient (Wildman–Crippen LogP) is 0.516. The number of esters is 1. The normalized spacial score (nSPS) is 11.5. The molecule has 0 spiro atoms. The van der Waals surface area contributed by atoms with Gasteiger partial charge in [-0.1, -0.05) is 30.3 Å². The Morgan fingerprint density at radius 1 is 1.32 bits per heavy atom. The summed E-state index contributed by atoms with van der Waals surface area (Å²) in [5.41, 5.74) is 0.892. The Labute approximate surface area is 113 Å². The van der Waals surface area contributed by atoms with Gasteiger partial charge < -0.3 is 4.74 Å². The quantitative estimate of drug-likeness (QED) is 0.741. The molecular weight excluding hydrogens is 268 g/mol. The zero-order chi connectivity index (χ0) is 14.3. The summed E-state index contributed by atoms with van der Waals surface area (Å²) in [6.45, 7) is 0.294. The fourth-order valence-corrected chi connectivity index (χ4v) is 2.32. The zero-order valence-corrected chi connectivity index (χ0v) is 11.8. The summed E-state index contributed by atoms with van der Waals surface area (Å²) in [7, 11) is -0.845. The second-order valence-corrected chi connectivity index (χ2v) is 5.83. The molecule has 0 saturated carbocycles. The van der Waals surface area contributed by atoms with Crippen LogP contribution in [0.1, 0.15) is 12.0 Å². The molecule has 0 aliphatic heterocycles. The number of carbonyl (C=O) groups is 1. The van der Waals surface area contributed by atoms with Crippen LogP contribution >= 0.6 is 0 Å². The van der Waals surface area contributed by atoms with Gasteiger partial charge in [-0.15, -0.1) is 0 Å². The molecular formula is C12H18N2O4S. The number of hydrogen-bond acceptors (Lipinski definition) is 4. The minimum atomic E-state index is -3.59. The fourth-order valence-electron chi connectivity index (χ4n) is 1.42. The molecule has 0 aliphatic rings. The molecule has 19 heavy (non-hydrogen) atoms. The van der Waals surface area contributed by atoms with Crippen LogP contribution < -0.4 is 4.72 Å². The van der Waals surface area contributed by atoms with E-state index in [2.05, 4.69) is 9.46 Å². The summed E-state index contributed by atoms with van der Waals surface area (Å²) in [4.78, 5) is 10.9. The lowest BCUT2D eigenvalue weighted by atomic mass is 10.2. The molecule has 1 aromatic carbocycles. The van der Waals surface area contributed by atoms with Crippen LogP contribution in [0, 0.1) is 0 Å². The van der Waals surface area contributed by atoms with Crippen molar-refractivity contribution >= 4 is 16.2 Å². The molecule has 0 fully saturated rings. The highest BCUT2D eigenvalue weighted by Crippen LogP contribution is 2.05. The molecule has 1 rings (SSSR count). The van der Waals surface area contributed by atoms with Crippen LogP contribution in [0.4, 0.5) is 0 Å². The van der Waals surface area contributed by atoms with Gasteiger partial charge in [-0.3, -0.25) is 4.79 Å². The van der Waals surface area contributed by atoms with Crippen molar-refractivity contribution in [2.75, 3.05) is 20.7 Å². The maximum atomic E-state index is 11.9. The van der Waals surface area contributed by atoms with E-state index in [9.17, 15) is 13.2 Å². The highest BCUT2D eigenvalue weighted by Gasteiger charge is 2.17. The first kappa shape index (κ1) is 15.6. The topological polar surface area (TPSA) is 75.7 Å². The number of benzene rings is 1. The van der Waals surface area contributed by atoms with E-state index < -0.39 is 16.2 Å². The molecule has 0 saturated heterocycles. The van der Waals surface area contributed by atoms with Crippen molar-refractivity contribution in [3.63, 3.8) is 0 Å². The van der Waals surface area contributed by atoms with E-state index in [1.165, 1.54) is 18.5 Å². The van der Waals surface area contributed by atoms with Gasteiger partial charge in [0.2, 0.25) is 0 Å². The van der Waals surface area contributed by atoms with E-state index in [1.807, 2.05) is 30.3 Å². The van der Waals surface area contributed by atoms with Crippen molar-refractivity contribution in [2.45, 2.75) is 13.0 Å². The van der Waals surface area contributed by atoms with Crippen LogP contribution in [0.5, 0.6) is 0 Å². The van der Waals surface area contributed by atoms with E-state index in [1.54, 1.807) is 0 Å². The van der Waals surface area contributed by atoms with Crippen LogP contribution in [-0.4, -0.2) is 39.4 Å². The molecule has 0 aromatic heterocycles. The highest BCUT2D eigenvalue weighted by atomic mass is 32.2. The second-order valence-electron chi connectivity index (χ2n) is 3.97. The van der Waals surface area contributed by atoms with Crippen molar-refractivity contribution in [1.82, 2.24) is 9.03 Å². The van der Waals surface area contributed by atoms with E-state index in [0.29, 0.717) is 0 Å². The van der Waals surface area contributed by atoms with E-state index in [-0.39, 0.29) is 19.5 Å². The lowest BCUT2D eigenvalue weighted by Crippen LogP contribution is -2.38. The largest absolute Gasteiger partial charge is 0.469 e. The Balaban J connectivity index is 2.50. The number of rotatable bonds is 7. The van der Waals surface area contributed by atoms with Gasteiger partial charge in [0.1, 0.15) is 0 Å². The molecule has 0 heterocycles. The van der Waals surface area contributed by atoms with Crippen LogP contribution in [0.25, 0.3) is 0 Å². The number of methoxy groups -OCH3 is 1. The van der Waals surface area contributed by atoms with Crippen molar-refractivity contribution < 1.29 is 17.9 Å². The maximum absolute atomic E-state index is 11.9. The van der Waals surface area contributed by atoms with Gasteiger partial charge in [-0.2, -0.15) is 12.7 Å². The van der Waals surface area contributed by atoms with Crippen LogP contribution in [0.2, 0.25) is 0 Å². The zero-order valence-electron chi connectivity index (χ0n) is 11.0.